The van der Waals surface area contributed by atoms with Crippen molar-refractivity contribution >= 4 is 22.8 Å². The Kier molecular flexibility index (Phi) is 4.46. The lowest BCUT2D eigenvalue weighted by Crippen LogP contribution is -2.20. The van der Waals surface area contributed by atoms with Gasteiger partial charge in [0, 0.05) is 6.20 Å². The lowest BCUT2D eigenvalue weighted by molar-refractivity contribution is 0.124. The zero-order valence-electron chi connectivity index (χ0n) is 12.6. The molecule has 0 fully saturated rings. The molecule has 0 aliphatic carbocycles. The smallest absolute Gasteiger partial charge is 0.262 e. The molecular weight excluding hydrogens is 315 g/mol. The van der Waals surface area contributed by atoms with Gasteiger partial charge in [-0.05, 0) is 35.4 Å². The van der Waals surface area contributed by atoms with Crippen molar-refractivity contribution in [3.63, 3.8) is 0 Å². The minimum Gasteiger partial charge on any atom is -0.369 e. The molecule has 3 aromatic rings. The Morgan fingerprint density at radius 2 is 1.92 bits per heavy atom. The summed E-state index contributed by atoms with van der Waals surface area (Å²) in [6, 6.07) is 9.79. The van der Waals surface area contributed by atoms with Crippen LogP contribution in [0.5, 0.6) is 0 Å². The van der Waals surface area contributed by atoms with Crippen molar-refractivity contribution in [2.75, 3.05) is 5.32 Å². The van der Waals surface area contributed by atoms with Gasteiger partial charge in [0.05, 0.1) is 16.7 Å². The molecule has 1 N–H and O–H groups in total. The van der Waals surface area contributed by atoms with E-state index in [9.17, 15) is 13.2 Å². The summed E-state index contributed by atoms with van der Waals surface area (Å²) in [7, 11) is 0. The fourth-order valence-corrected chi connectivity index (χ4v) is 2.42. The van der Waals surface area contributed by atoms with Gasteiger partial charge in [0.1, 0.15) is 6.04 Å². The Hall–Kier alpha value is -2.89. The first-order valence-electron chi connectivity index (χ1n) is 7.27. The first kappa shape index (κ1) is 16.0. The number of rotatable bonds is 5. The Labute approximate surface area is 136 Å². The second kappa shape index (κ2) is 6.70. The summed E-state index contributed by atoms with van der Waals surface area (Å²) in [6.07, 6.45) is 0.363. The van der Waals surface area contributed by atoms with Crippen LogP contribution in [0.15, 0.2) is 55.2 Å². The van der Waals surface area contributed by atoms with E-state index in [4.69, 9.17) is 0 Å². The number of halogens is 3. The largest absolute Gasteiger partial charge is 0.369 e. The van der Waals surface area contributed by atoms with Gasteiger partial charge in [-0.25, -0.2) is 13.8 Å². The molecule has 24 heavy (non-hydrogen) atoms. The van der Waals surface area contributed by atoms with Crippen molar-refractivity contribution in [3.8, 4) is 0 Å². The summed E-state index contributed by atoms with van der Waals surface area (Å²) < 4.78 is 41.2. The number of aromatic nitrogens is 2. The summed E-state index contributed by atoms with van der Waals surface area (Å²) >= 11 is 0. The highest BCUT2D eigenvalue weighted by Crippen LogP contribution is 2.28. The standard InChI is InChI=1S/C18H14F3N3/c1-2-11-5-3-6-12(9-11)16(17(19)20)23-15-10-14-13(24-18(15)21)7-4-8-22-14/h2-10,16-17,23H,1H2. The molecule has 2 aromatic heterocycles. The van der Waals surface area contributed by atoms with Crippen molar-refractivity contribution in [3.05, 3.63) is 72.3 Å². The summed E-state index contributed by atoms with van der Waals surface area (Å²) in [5.74, 6) is -0.846. The van der Waals surface area contributed by atoms with Crippen molar-refractivity contribution in [2.45, 2.75) is 12.5 Å². The van der Waals surface area contributed by atoms with Crippen molar-refractivity contribution in [1.82, 2.24) is 9.97 Å². The van der Waals surface area contributed by atoms with E-state index in [1.54, 1.807) is 42.5 Å². The number of nitrogens with one attached hydrogen (secondary N) is 1. The molecule has 0 saturated carbocycles. The molecule has 2 heterocycles. The van der Waals surface area contributed by atoms with E-state index in [0.717, 1.165) is 0 Å². The van der Waals surface area contributed by atoms with Crippen LogP contribution in [-0.4, -0.2) is 16.4 Å². The van der Waals surface area contributed by atoms with E-state index in [1.807, 2.05) is 0 Å². The second-order valence-corrected chi connectivity index (χ2v) is 5.20. The topological polar surface area (TPSA) is 37.8 Å². The Balaban J connectivity index is 1.99. The van der Waals surface area contributed by atoms with Crippen LogP contribution >= 0.6 is 0 Å². The number of hydrogen-bond acceptors (Lipinski definition) is 3. The molecule has 1 aromatic carbocycles. The molecule has 3 nitrogen and oxygen atoms in total. The molecule has 0 radical (unpaired) electrons. The SMILES string of the molecule is C=Cc1cccc(C(Nc2cc3ncccc3nc2F)C(F)F)c1. The third-order valence-corrected chi connectivity index (χ3v) is 3.61. The Bertz CT molecular complexity index is 880. The maximum Gasteiger partial charge on any atom is 0.262 e. The number of alkyl halides is 2. The number of pyridine rings is 2. The summed E-state index contributed by atoms with van der Waals surface area (Å²) in [4.78, 5) is 7.83. The fourth-order valence-electron chi connectivity index (χ4n) is 2.42. The van der Waals surface area contributed by atoms with E-state index in [2.05, 4.69) is 21.9 Å². The van der Waals surface area contributed by atoms with E-state index in [1.165, 1.54) is 12.3 Å². The Morgan fingerprint density at radius 3 is 2.67 bits per heavy atom. The van der Waals surface area contributed by atoms with Crippen LogP contribution in [0.25, 0.3) is 17.1 Å². The minimum absolute atomic E-state index is 0.115. The van der Waals surface area contributed by atoms with Crippen LogP contribution in [0.4, 0.5) is 18.9 Å². The van der Waals surface area contributed by atoms with Crippen molar-refractivity contribution < 1.29 is 13.2 Å². The quantitative estimate of drug-likeness (QED) is 0.681. The van der Waals surface area contributed by atoms with Gasteiger partial charge in [0.25, 0.3) is 6.43 Å². The van der Waals surface area contributed by atoms with Crippen LogP contribution in [0.3, 0.4) is 0 Å². The third kappa shape index (κ3) is 3.22. The highest BCUT2D eigenvalue weighted by molar-refractivity contribution is 5.77. The summed E-state index contributed by atoms with van der Waals surface area (Å²) in [5, 5.41) is 2.54. The van der Waals surface area contributed by atoms with Gasteiger partial charge in [0.15, 0.2) is 0 Å². The van der Waals surface area contributed by atoms with Gasteiger partial charge in [-0.1, -0.05) is 30.9 Å². The van der Waals surface area contributed by atoms with Crippen molar-refractivity contribution in [1.29, 1.82) is 0 Å². The number of fused-ring (bicyclic) bond motifs is 1. The summed E-state index contributed by atoms with van der Waals surface area (Å²) in [5.41, 5.74) is 1.72. The van der Waals surface area contributed by atoms with Gasteiger partial charge >= 0.3 is 0 Å². The van der Waals surface area contributed by atoms with E-state index < -0.39 is 18.4 Å². The first-order chi connectivity index (χ1) is 11.6. The number of benzene rings is 1. The molecule has 3 rings (SSSR count). The van der Waals surface area contributed by atoms with E-state index in [-0.39, 0.29) is 5.69 Å². The van der Waals surface area contributed by atoms with Crippen LogP contribution in [0.2, 0.25) is 0 Å². The fraction of sp³-hybridized carbons (Fsp3) is 0.111. The molecule has 0 spiro atoms. The predicted octanol–water partition coefficient (Wildman–Crippen LogP) is 4.83. The van der Waals surface area contributed by atoms with Crippen LogP contribution in [0, 0.1) is 5.95 Å². The zero-order valence-corrected chi connectivity index (χ0v) is 12.6. The maximum absolute atomic E-state index is 14.1. The lowest BCUT2D eigenvalue weighted by atomic mass is 10.0. The monoisotopic (exact) mass is 329 g/mol. The first-order valence-corrected chi connectivity index (χ1v) is 7.27. The number of anilines is 1. The van der Waals surface area contributed by atoms with Crippen molar-refractivity contribution in [2.24, 2.45) is 0 Å². The van der Waals surface area contributed by atoms with Crippen LogP contribution < -0.4 is 5.32 Å². The number of hydrogen-bond donors (Lipinski definition) is 1. The van der Waals surface area contributed by atoms with Gasteiger partial charge in [-0.3, -0.25) is 4.98 Å². The third-order valence-electron chi connectivity index (χ3n) is 3.61. The van der Waals surface area contributed by atoms with Gasteiger partial charge in [-0.15, -0.1) is 0 Å². The highest BCUT2D eigenvalue weighted by atomic mass is 19.3. The van der Waals surface area contributed by atoms with Crippen LogP contribution in [-0.2, 0) is 0 Å². The molecule has 1 unspecified atom stereocenters. The highest BCUT2D eigenvalue weighted by Gasteiger charge is 2.24. The minimum atomic E-state index is -2.73. The normalized spacial score (nSPS) is 12.3. The van der Waals surface area contributed by atoms with Gasteiger partial charge in [0.2, 0.25) is 5.95 Å². The Morgan fingerprint density at radius 1 is 1.08 bits per heavy atom. The molecule has 1 atom stereocenters. The zero-order chi connectivity index (χ0) is 17.1. The molecule has 6 heteroatoms. The predicted molar refractivity (Wildman–Crippen MR) is 88.4 cm³/mol. The van der Waals surface area contributed by atoms with Gasteiger partial charge < -0.3 is 5.32 Å². The second-order valence-electron chi connectivity index (χ2n) is 5.20. The van der Waals surface area contributed by atoms with E-state index in [0.29, 0.717) is 22.2 Å². The lowest BCUT2D eigenvalue weighted by Gasteiger charge is -2.20. The molecule has 0 aliphatic rings. The molecule has 122 valence electrons. The molecule has 0 bridgehead atoms. The molecular formula is C18H14F3N3. The molecule has 0 aliphatic heterocycles. The number of nitrogens with zero attached hydrogens (tertiary/aromatic N) is 2. The summed E-state index contributed by atoms with van der Waals surface area (Å²) in [6.45, 7) is 3.62. The average Bonchev–Trinajstić information content (AvgIpc) is 2.59. The maximum atomic E-state index is 14.1. The van der Waals surface area contributed by atoms with Crippen LogP contribution in [0.1, 0.15) is 17.2 Å². The van der Waals surface area contributed by atoms with Gasteiger partial charge in [-0.2, -0.15) is 4.39 Å². The average molecular weight is 329 g/mol. The molecule has 0 amide bonds. The molecule has 0 saturated heterocycles. The van der Waals surface area contributed by atoms with E-state index >= 15 is 0 Å².